The largest absolute Gasteiger partial charge is 0.383 e. The van der Waals surface area contributed by atoms with Gasteiger partial charge in [0.05, 0.1) is 6.61 Å². The number of nitrogens with one attached hydrogen (secondary N) is 1. The fraction of sp³-hybridized carbons (Fsp3) is 0.667. The van der Waals surface area contributed by atoms with Crippen LogP contribution in [0.4, 0.5) is 0 Å². The van der Waals surface area contributed by atoms with Gasteiger partial charge < -0.3 is 10.1 Å². The Morgan fingerprint density at radius 1 is 1.15 bits per heavy atom. The van der Waals surface area contributed by atoms with E-state index in [1.165, 1.54) is 11.1 Å². The zero-order valence-corrected chi connectivity index (χ0v) is 13.8. The molecule has 1 rings (SSSR count). The Bertz CT molecular complexity index is 372. The zero-order valence-electron chi connectivity index (χ0n) is 13.8. The van der Waals surface area contributed by atoms with Crippen molar-refractivity contribution in [3.8, 4) is 0 Å². The van der Waals surface area contributed by atoms with E-state index in [1.54, 1.807) is 7.11 Å². The molecule has 20 heavy (non-hydrogen) atoms. The molecular formula is C18H31NO. The maximum Gasteiger partial charge on any atom is 0.0587 e. The molecule has 2 nitrogen and oxygen atoms in total. The number of hydrogen-bond donors (Lipinski definition) is 1. The molecule has 2 heteroatoms. The third-order valence-electron chi connectivity index (χ3n) is 4.44. The van der Waals surface area contributed by atoms with Crippen LogP contribution in [0.25, 0.3) is 0 Å². The highest BCUT2D eigenvalue weighted by Gasteiger charge is 2.28. The first-order chi connectivity index (χ1) is 9.51. The Morgan fingerprint density at radius 2 is 1.75 bits per heavy atom. The van der Waals surface area contributed by atoms with Gasteiger partial charge in [-0.25, -0.2) is 0 Å². The van der Waals surface area contributed by atoms with Crippen molar-refractivity contribution in [2.75, 3.05) is 26.8 Å². The quantitative estimate of drug-likeness (QED) is 0.695. The second-order valence-corrected chi connectivity index (χ2v) is 6.33. The van der Waals surface area contributed by atoms with Crippen LogP contribution in [0.5, 0.6) is 0 Å². The molecule has 1 N–H and O–H groups in total. The molecule has 0 radical (unpaired) electrons. The van der Waals surface area contributed by atoms with E-state index in [0.717, 1.165) is 32.5 Å². The maximum atomic E-state index is 5.10. The minimum Gasteiger partial charge on any atom is -0.383 e. The fourth-order valence-corrected chi connectivity index (χ4v) is 2.38. The predicted molar refractivity (Wildman–Crippen MR) is 87.2 cm³/mol. The Kier molecular flexibility index (Phi) is 7.25. The molecule has 0 saturated heterocycles. The summed E-state index contributed by atoms with van der Waals surface area (Å²) in [6.07, 6.45) is 2.23. The number of aryl methyl sites for hydroxylation is 1. The number of ether oxygens (including phenoxy) is 1. The first-order valence-electron chi connectivity index (χ1n) is 7.79. The number of benzene rings is 1. The van der Waals surface area contributed by atoms with Gasteiger partial charge in [0.1, 0.15) is 0 Å². The van der Waals surface area contributed by atoms with Crippen molar-refractivity contribution in [2.24, 2.45) is 11.3 Å². The van der Waals surface area contributed by atoms with Gasteiger partial charge in [0.2, 0.25) is 0 Å². The van der Waals surface area contributed by atoms with Crippen LogP contribution >= 0.6 is 0 Å². The topological polar surface area (TPSA) is 21.3 Å². The predicted octanol–water partition coefficient (Wildman–Crippen LogP) is 3.69. The van der Waals surface area contributed by atoms with Crippen LogP contribution in [0.2, 0.25) is 0 Å². The molecule has 1 aromatic carbocycles. The second kappa shape index (κ2) is 8.43. The van der Waals surface area contributed by atoms with Gasteiger partial charge in [0.25, 0.3) is 0 Å². The lowest BCUT2D eigenvalue weighted by Crippen LogP contribution is -2.39. The first-order valence-corrected chi connectivity index (χ1v) is 7.79. The van der Waals surface area contributed by atoms with Crippen LogP contribution in [-0.2, 0) is 17.6 Å². The molecule has 0 spiro atoms. The van der Waals surface area contributed by atoms with E-state index >= 15 is 0 Å². The highest BCUT2D eigenvalue weighted by Crippen LogP contribution is 2.30. The van der Waals surface area contributed by atoms with E-state index in [-0.39, 0.29) is 5.41 Å². The Balaban J connectivity index is 2.64. The van der Waals surface area contributed by atoms with Crippen LogP contribution < -0.4 is 5.32 Å². The molecule has 114 valence electrons. The van der Waals surface area contributed by atoms with E-state index in [4.69, 9.17) is 4.74 Å². The molecule has 1 unspecified atom stereocenters. The Morgan fingerprint density at radius 3 is 2.25 bits per heavy atom. The standard InChI is InChI=1S/C18H31NO/c1-6-16-7-9-17(10-8-16)13-18(4,15(2)3)14-19-11-12-20-5/h7-10,15,19H,6,11-14H2,1-5H3. The van der Waals surface area contributed by atoms with Gasteiger partial charge in [-0.2, -0.15) is 0 Å². The molecule has 0 aromatic heterocycles. The summed E-state index contributed by atoms with van der Waals surface area (Å²) in [5.41, 5.74) is 3.13. The Labute approximate surface area is 124 Å². The SMILES string of the molecule is CCc1ccc(CC(C)(CNCCOC)C(C)C)cc1. The van der Waals surface area contributed by atoms with Crippen LogP contribution in [0.15, 0.2) is 24.3 Å². The van der Waals surface area contributed by atoms with E-state index in [0.29, 0.717) is 5.92 Å². The summed E-state index contributed by atoms with van der Waals surface area (Å²) in [7, 11) is 1.75. The molecule has 0 fully saturated rings. The smallest absolute Gasteiger partial charge is 0.0587 e. The number of rotatable bonds is 9. The van der Waals surface area contributed by atoms with Crippen molar-refractivity contribution in [1.82, 2.24) is 5.32 Å². The lowest BCUT2D eigenvalue weighted by Gasteiger charge is -2.34. The van der Waals surface area contributed by atoms with Crippen LogP contribution in [0.1, 0.15) is 38.8 Å². The summed E-state index contributed by atoms with van der Waals surface area (Å²) >= 11 is 0. The first kappa shape index (κ1) is 17.2. The Hall–Kier alpha value is -0.860. The van der Waals surface area contributed by atoms with Crippen molar-refractivity contribution in [2.45, 2.75) is 40.5 Å². The van der Waals surface area contributed by atoms with Crippen LogP contribution in [0, 0.1) is 11.3 Å². The van der Waals surface area contributed by atoms with Crippen molar-refractivity contribution in [3.63, 3.8) is 0 Å². The van der Waals surface area contributed by atoms with Crippen molar-refractivity contribution in [1.29, 1.82) is 0 Å². The lowest BCUT2D eigenvalue weighted by molar-refractivity contribution is 0.175. The third kappa shape index (κ3) is 5.26. The molecule has 0 aliphatic heterocycles. The van der Waals surface area contributed by atoms with Gasteiger partial charge in [-0.3, -0.25) is 0 Å². The highest BCUT2D eigenvalue weighted by molar-refractivity contribution is 5.23. The molecular weight excluding hydrogens is 246 g/mol. The van der Waals surface area contributed by atoms with E-state index in [2.05, 4.69) is 57.3 Å². The van der Waals surface area contributed by atoms with Crippen LogP contribution in [-0.4, -0.2) is 26.8 Å². The zero-order chi connectivity index (χ0) is 15.0. The van der Waals surface area contributed by atoms with Gasteiger partial charge >= 0.3 is 0 Å². The molecule has 1 aromatic rings. The normalized spacial score (nSPS) is 14.5. The summed E-state index contributed by atoms with van der Waals surface area (Å²) in [6.45, 7) is 11.9. The molecule has 1 atom stereocenters. The van der Waals surface area contributed by atoms with Gasteiger partial charge in [-0.05, 0) is 35.3 Å². The van der Waals surface area contributed by atoms with E-state index in [1.807, 2.05) is 0 Å². The summed E-state index contributed by atoms with van der Waals surface area (Å²) in [4.78, 5) is 0. The van der Waals surface area contributed by atoms with E-state index in [9.17, 15) is 0 Å². The van der Waals surface area contributed by atoms with Crippen molar-refractivity contribution >= 4 is 0 Å². The fourth-order valence-electron chi connectivity index (χ4n) is 2.38. The molecule has 0 aliphatic rings. The third-order valence-corrected chi connectivity index (χ3v) is 4.44. The monoisotopic (exact) mass is 277 g/mol. The lowest BCUT2D eigenvalue weighted by atomic mass is 9.74. The molecule has 0 amide bonds. The van der Waals surface area contributed by atoms with Crippen molar-refractivity contribution in [3.05, 3.63) is 35.4 Å². The summed E-state index contributed by atoms with van der Waals surface area (Å²) in [5.74, 6) is 0.642. The van der Waals surface area contributed by atoms with Gasteiger partial charge in [0, 0.05) is 20.2 Å². The van der Waals surface area contributed by atoms with E-state index < -0.39 is 0 Å². The summed E-state index contributed by atoms with van der Waals surface area (Å²) in [5, 5.41) is 3.53. The number of hydrogen-bond acceptors (Lipinski definition) is 2. The molecule has 0 heterocycles. The average molecular weight is 277 g/mol. The molecule has 0 aliphatic carbocycles. The maximum absolute atomic E-state index is 5.10. The van der Waals surface area contributed by atoms with Gasteiger partial charge in [-0.15, -0.1) is 0 Å². The minimum atomic E-state index is 0.279. The van der Waals surface area contributed by atoms with Crippen molar-refractivity contribution < 1.29 is 4.74 Å². The number of methoxy groups -OCH3 is 1. The van der Waals surface area contributed by atoms with Crippen LogP contribution in [0.3, 0.4) is 0 Å². The summed E-state index contributed by atoms with van der Waals surface area (Å²) in [6, 6.07) is 9.09. The minimum absolute atomic E-state index is 0.279. The van der Waals surface area contributed by atoms with Gasteiger partial charge in [0.15, 0.2) is 0 Å². The highest BCUT2D eigenvalue weighted by atomic mass is 16.5. The average Bonchev–Trinajstić information content (AvgIpc) is 2.44. The molecule has 0 saturated carbocycles. The summed E-state index contributed by atoms with van der Waals surface area (Å²) < 4.78 is 5.10. The second-order valence-electron chi connectivity index (χ2n) is 6.33. The van der Waals surface area contributed by atoms with Gasteiger partial charge in [-0.1, -0.05) is 52.0 Å². The molecule has 0 bridgehead atoms.